The number of halogens is 1. The molecule has 0 spiro atoms. The van der Waals surface area contributed by atoms with Gasteiger partial charge >= 0.3 is 0 Å². The number of nitrogens with one attached hydrogen (secondary N) is 1. The molecule has 2 heterocycles. The number of benzene rings is 2. The molecule has 1 aliphatic heterocycles. The van der Waals surface area contributed by atoms with Gasteiger partial charge in [-0.05, 0) is 31.2 Å². The van der Waals surface area contributed by atoms with Crippen molar-refractivity contribution in [2.45, 2.75) is 18.2 Å². The molecule has 1 aromatic heterocycles. The van der Waals surface area contributed by atoms with Crippen LogP contribution in [-0.2, 0) is 21.2 Å². The van der Waals surface area contributed by atoms with E-state index in [2.05, 4.69) is 9.71 Å². The van der Waals surface area contributed by atoms with Crippen molar-refractivity contribution in [2.24, 2.45) is 0 Å². The molecule has 0 saturated carbocycles. The lowest BCUT2D eigenvalue weighted by atomic mass is 10.2. The molecule has 1 aliphatic rings. The third-order valence-electron chi connectivity index (χ3n) is 5.26. The number of nitrogens with zero attached hydrogens (tertiary/aromatic N) is 3. The smallest absolute Gasteiger partial charge is 0.263 e. The van der Waals surface area contributed by atoms with Crippen LogP contribution < -0.4 is 9.62 Å². The van der Waals surface area contributed by atoms with Crippen molar-refractivity contribution in [3.63, 3.8) is 0 Å². The van der Waals surface area contributed by atoms with Crippen LogP contribution in [0.4, 0.5) is 15.2 Å². The van der Waals surface area contributed by atoms with Crippen LogP contribution in [0.2, 0.25) is 0 Å². The van der Waals surface area contributed by atoms with Crippen LogP contribution in [0.25, 0.3) is 0 Å². The van der Waals surface area contributed by atoms with E-state index < -0.39 is 10.0 Å². The number of aromatic nitrogens is 1. The van der Waals surface area contributed by atoms with Crippen molar-refractivity contribution in [2.75, 3.05) is 35.8 Å². The first-order valence-electron chi connectivity index (χ1n) is 10.1. The molecule has 0 aliphatic carbocycles. The van der Waals surface area contributed by atoms with E-state index in [9.17, 15) is 17.6 Å². The van der Waals surface area contributed by atoms with Crippen LogP contribution in [0, 0.1) is 12.7 Å². The summed E-state index contributed by atoms with van der Waals surface area (Å²) in [6, 6.07) is 13.2. The summed E-state index contributed by atoms with van der Waals surface area (Å²) >= 11 is 1.14. The van der Waals surface area contributed by atoms with Gasteiger partial charge < -0.3 is 9.80 Å². The lowest BCUT2D eigenvalue weighted by Crippen LogP contribution is -2.49. The van der Waals surface area contributed by atoms with Crippen molar-refractivity contribution in [3.8, 4) is 0 Å². The first kappa shape index (κ1) is 22.2. The van der Waals surface area contributed by atoms with Gasteiger partial charge in [0.25, 0.3) is 10.0 Å². The maximum Gasteiger partial charge on any atom is 0.263 e. The predicted molar refractivity (Wildman–Crippen MR) is 123 cm³/mol. The molecule has 2 aromatic carbocycles. The number of sulfonamides is 1. The first-order valence-corrected chi connectivity index (χ1v) is 12.5. The van der Waals surface area contributed by atoms with Gasteiger partial charge in [-0.15, -0.1) is 11.3 Å². The summed E-state index contributed by atoms with van der Waals surface area (Å²) in [6.07, 6.45) is 0.0858. The molecule has 1 fully saturated rings. The Morgan fingerprint density at radius 2 is 1.78 bits per heavy atom. The Kier molecular flexibility index (Phi) is 6.43. The molecule has 3 aromatic rings. The Morgan fingerprint density at radius 3 is 2.47 bits per heavy atom. The van der Waals surface area contributed by atoms with Gasteiger partial charge in [0.15, 0.2) is 5.13 Å². The molecule has 0 atom stereocenters. The third-order valence-corrected chi connectivity index (χ3v) is 7.55. The molecule has 168 valence electrons. The third kappa shape index (κ3) is 5.08. The lowest BCUT2D eigenvalue weighted by Gasteiger charge is -2.36. The van der Waals surface area contributed by atoms with Gasteiger partial charge in [0.2, 0.25) is 5.91 Å². The quantitative estimate of drug-likeness (QED) is 0.593. The molecule has 0 radical (unpaired) electrons. The number of hydrogen-bond acceptors (Lipinski definition) is 6. The molecular formula is C22H23FN4O3S2. The van der Waals surface area contributed by atoms with E-state index in [1.54, 1.807) is 40.6 Å². The highest BCUT2D eigenvalue weighted by molar-refractivity contribution is 7.93. The topological polar surface area (TPSA) is 82.6 Å². The normalized spacial score (nSPS) is 14.4. The number of carbonyl (C=O) groups excluding carboxylic acids is 1. The molecule has 32 heavy (non-hydrogen) atoms. The van der Waals surface area contributed by atoms with Crippen LogP contribution in [-0.4, -0.2) is 50.4 Å². The van der Waals surface area contributed by atoms with Crippen molar-refractivity contribution in [3.05, 3.63) is 71.0 Å². The van der Waals surface area contributed by atoms with Gasteiger partial charge in [0.05, 0.1) is 22.7 Å². The van der Waals surface area contributed by atoms with Gasteiger partial charge in [-0.2, -0.15) is 0 Å². The van der Waals surface area contributed by atoms with E-state index in [0.29, 0.717) is 37.6 Å². The number of hydrogen-bond donors (Lipinski definition) is 1. The summed E-state index contributed by atoms with van der Waals surface area (Å²) in [5.41, 5.74) is 2.02. The zero-order valence-electron chi connectivity index (χ0n) is 17.5. The van der Waals surface area contributed by atoms with Crippen LogP contribution in [0.15, 0.2) is 58.8 Å². The highest BCUT2D eigenvalue weighted by Gasteiger charge is 2.24. The minimum atomic E-state index is -3.74. The molecule has 1 N–H and O–H groups in total. The standard InChI is InChI=1S/C22H23FN4O3S2/c1-16-6-8-18(9-7-16)32(29,30)25-22-24-17(15-31-22)14-21(28)27-12-10-26(11-13-27)20-5-3-2-4-19(20)23/h2-9,15H,10-14H2,1H3,(H,24,25). The minimum Gasteiger partial charge on any atom is -0.366 e. The summed E-state index contributed by atoms with van der Waals surface area (Å²) in [7, 11) is -3.74. The molecule has 1 amide bonds. The van der Waals surface area contributed by atoms with Crippen LogP contribution in [0.3, 0.4) is 0 Å². The van der Waals surface area contributed by atoms with Gasteiger partial charge in [-0.1, -0.05) is 29.8 Å². The van der Waals surface area contributed by atoms with Crippen molar-refractivity contribution >= 4 is 38.1 Å². The van der Waals surface area contributed by atoms with Gasteiger partial charge in [-0.3, -0.25) is 9.52 Å². The number of anilines is 2. The molecule has 4 rings (SSSR count). The Morgan fingerprint density at radius 1 is 1.09 bits per heavy atom. The monoisotopic (exact) mass is 474 g/mol. The molecule has 10 heteroatoms. The fraction of sp³-hybridized carbons (Fsp3) is 0.273. The Balaban J connectivity index is 1.33. The number of amides is 1. The lowest BCUT2D eigenvalue weighted by molar-refractivity contribution is -0.130. The van der Waals surface area contributed by atoms with E-state index in [-0.39, 0.29) is 28.2 Å². The van der Waals surface area contributed by atoms with E-state index in [4.69, 9.17) is 0 Å². The summed E-state index contributed by atoms with van der Waals surface area (Å²) in [6.45, 7) is 3.96. The Bertz CT molecular complexity index is 1200. The Labute approximate surface area is 190 Å². The second kappa shape index (κ2) is 9.25. The van der Waals surface area contributed by atoms with Crippen LogP contribution in [0.1, 0.15) is 11.3 Å². The summed E-state index contributed by atoms with van der Waals surface area (Å²) < 4.78 is 41.5. The first-order chi connectivity index (χ1) is 15.3. The highest BCUT2D eigenvalue weighted by Crippen LogP contribution is 2.23. The number of thiazole rings is 1. The number of carbonyl (C=O) groups is 1. The van der Waals surface area contributed by atoms with E-state index >= 15 is 0 Å². The average Bonchev–Trinajstić information content (AvgIpc) is 3.20. The SMILES string of the molecule is Cc1ccc(S(=O)(=O)Nc2nc(CC(=O)N3CCN(c4ccccc4F)CC3)cs2)cc1. The summed E-state index contributed by atoms with van der Waals surface area (Å²) in [5, 5.41) is 1.90. The van der Waals surface area contributed by atoms with E-state index in [0.717, 1.165) is 16.9 Å². The van der Waals surface area contributed by atoms with Crippen molar-refractivity contribution < 1.29 is 17.6 Å². The largest absolute Gasteiger partial charge is 0.366 e. The molecule has 7 nitrogen and oxygen atoms in total. The number of piperazine rings is 1. The Hall–Kier alpha value is -2.98. The van der Waals surface area contributed by atoms with Crippen molar-refractivity contribution in [1.29, 1.82) is 0 Å². The fourth-order valence-electron chi connectivity index (χ4n) is 3.50. The van der Waals surface area contributed by atoms with E-state index in [1.165, 1.54) is 18.2 Å². The second-order valence-corrected chi connectivity index (χ2v) is 10.1. The maximum absolute atomic E-state index is 14.0. The van der Waals surface area contributed by atoms with Gasteiger partial charge in [-0.25, -0.2) is 17.8 Å². The highest BCUT2D eigenvalue weighted by atomic mass is 32.2. The molecule has 1 saturated heterocycles. The van der Waals surface area contributed by atoms with E-state index in [1.807, 2.05) is 11.8 Å². The van der Waals surface area contributed by atoms with Crippen LogP contribution >= 0.6 is 11.3 Å². The van der Waals surface area contributed by atoms with Gasteiger partial charge in [0, 0.05) is 31.6 Å². The van der Waals surface area contributed by atoms with Gasteiger partial charge in [0.1, 0.15) is 5.82 Å². The molecule has 0 unspecified atom stereocenters. The molecule has 0 bridgehead atoms. The summed E-state index contributed by atoms with van der Waals surface area (Å²) in [5.74, 6) is -0.355. The summed E-state index contributed by atoms with van der Waals surface area (Å²) in [4.78, 5) is 20.8. The number of rotatable bonds is 6. The van der Waals surface area contributed by atoms with Crippen molar-refractivity contribution in [1.82, 2.24) is 9.88 Å². The zero-order chi connectivity index (χ0) is 22.7. The fourth-order valence-corrected chi connectivity index (χ4v) is 5.46. The zero-order valence-corrected chi connectivity index (χ0v) is 19.1. The predicted octanol–water partition coefficient (Wildman–Crippen LogP) is 3.28. The maximum atomic E-state index is 14.0. The number of para-hydroxylation sites is 1. The second-order valence-electron chi connectivity index (χ2n) is 7.56. The average molecular weight is 475 g/mol. The molecular weight excluding hydrogens is 451 g/mol. The van der Waals surface area contributed by atoms with Crippen LogP contribution in [0.5, 0.6) is 0 Å². The number of aryl methyl sites for hydroxylation is 1. The minimum absolute atomic E-state index is 0.0858.